The predicted octanol–water partition coefficient (Wildman–Crippen LogP) is 3.64. The van der Waals surface area contributed by atoms with Crippen molar-refractivity contribution in [2.75, 3.05) is 12.9 Å². The molecular formula is C13H22F2NO3S2+. The number of aliphatic hydroxyl groups is 1. The van der Waals surface area contributed by atoms with Crippen LogP contribution in [0.4, 0.5) is 8.96 Å². The highest BCUT2D eigenvalue weighted by atomic mass is 32.2. The average Bonchev–Trinajstić information content (AvgIpc) is 2.86. The van der Waals surface area contributed by atoms with Crippen LogP contribution >= 0.6 is 11.3 Å². The highest BCUT2D eigenvalue weighted by Crippen LogP contribution is 2.51. The summed E-state index contributed by atoms with van der Waals surface area (Å²) in [6.07, 6.45) is -0.532. The molecule has 2 heterocycles. The first-order valence-electron chi connectivity index (χ1n) is 6.81. The number of thiophene rings is 1. The number of hydrogen-bond acceptors (Lipinski definition) is 4. The highest BCUT2D eigenvalue weighted by molar-refractivity contribution is 7.86. The minimum atomic E-state index is -2.53. The molecule has 1 aliphatic rings. The number of fused-ring (bicyclic) bond motifs is 1. The zero-order valence-electron chi connectivity index (χ0n) is 12.9. The third kappa shape index (κ3) is 3.80. The van der Waals surface area contributed by atoms with Gasteiger partial charge in [-0.15, -0.1) is 0 Å². The van der Waals surface area contributed by atoms with Crippen LogP contribution in [0.2, 0.25) is 0 Å². The monoisotopic (exact) mass is 342 g/mol. The molecule has 0 aromatic carbocycles. The van der Waals surface area contributed by atoms with E-state index in [1.54, 1.807) is 0 Å². The number of hydrogen-bond donors (Lipinski definition) is 1. The van der Waals surface area contributed by atoms with E-state index in [2.05, 4.69) is 0 Å². The third-order valence-corrected chi connectivity index (χ3v) is 5.42. The van der Waals surface area contributed by atoms with Crippen LogP contribution in [0, 0.1) is 5.92 Å². The van der Waals surface area contributed by atoms with Crippen molar-refractivity contribution < 1.29 is 27.9 Å². The molecule has 0 saturated carbocycles. The van der Waals surface area contributed by atoms with Crippen LogP contribution in [0.5, 0.6) is 5.06 Å². The standard InChI is InChI=1S/C11H16F2NO3S2.C2H6/c1-6(2)5-17-10-7-4-14(12,13)9(15)8(7)11(18-10)19(3)16;1-2/h6,9,15H,4-5H2,1-3H3;1-2H3/q+1;. The van der Waals surface area contributed by atoms with E-state index in [-0.39, 0.29) is 21.3 Å². The van der Waals surface area contributed by atoms with E-state index in [1.165, 1.54) is 6.26 Å². The molecule has 0 aliphatic carbocycles. The number of aliphatic hydroxyl groups excluding tert-OH is 1. The molecule has 0 spiro atoms. The molecule has 0 saturated heterocycles. The summed E-state index contributed by atoms with van der Waals surface area (Å²) in [5, 5.41) is 10.0. The summed E-state index contributed by atoms with van der Waals surface area (Å²) in [6.45, 7) is 7.69. The molecule has 1 aromatic rings. The van der Waals surface area contributed by atoms with Crippen LogP contribution in [0.25, 0.3) is 0 Å². The van der Waals surface area contributed by atoms with Crippen LogP contribution in [0.3, 0.4) is 0 Å². The molecule has 2 rings (SSSR count). The number of halogens is 2. The van der Waals surface area contributed by atoms with Crippen molar-refractivity contribution in [2.45, 2.75) is 44.7 Å². The Bertz CT molecular complexity index is 518. The molecule has 2 unspecified atom stereocenters. The van der Waals surface area contributed by atoms with Gasteiger partial charge < -0.3 is 9.84 Å². The van der Waals surface area contributed by atoms with E-state index in [9.17, 15) is 18.3 Å². The first kappa shape index (κ1) is 18.5. The van der Waals surface area contributed by atoms with Gasteiger partial charge in [-0.1, -0.05) is 39.0 Å². The third-order valence-electron chi connectivity index (χ3n) is 2.77. The Labute approximate surface area is 130 Å². The Balaban J connectivity index is 0.00000106. The lowest BCUT2D eigenvalue weighted by Crippen LogP contribution is -2.28. The van der Waals surface area contributed by atoms with Crippen molar-refractivity contribution >= 4 is 22.1 Å². The smallest absolute Gasteiger partial charge is 0.295 e. The van der Waals surface area contributed by atoms with Crippen LogP contribution in [-0.2, 0) is 17.3 Å². The molecule has 0 fully saturated rings. The molecule has 8 heteroatoms. The van der Waals surface area contributed by atoms with Gasteiger partial charge in [-0.2, -0.15) is 0 Å². The molecule has 1 aliphatic heterocycles. The van der Waals surface area contributed by atoms with Gasteiger partial charge >= 0.3 is 0 Å². The normalized spacial score (nSPS) is 20.7. The Kier molecular flexibility index (Phi) is 6.27. The second kappa shape index (κ2) is 7.13. The fourth-order valence-corrected chi connectivity index (χ4v) is 4.07. The lowest BCUT2D eigenvalue weighted by Gasteiger charge is -2.12. The van der Waals surface area contributed by atoms with E-state index < -0.39 is 28.5 Å². The summed E-state index contributed by atoms with van der Waals surface area (Å²) in [7, 11) is -1.42. The molecule has 0 bridgehead atoms. The molecule has 4 nitrogen and oxygen atoms in total. The van der Waals surface area contributed by atoms with Crippen molar-refractivity contribution in [1.29, 1.82) is 0 Å². The minimum Gasteiger partial charge on any atom is -0.483 e. The zero-order valence-corrected chi connectivity index (χ0v) is 14.5. The maximum atomic E-state index is 13.5. The Morgan fingerprint density at radius 1 is 1.48 bits per heavy atom. The molecule has 21 heavy (non-hydrogen) atoms. The van der Waals surface area contributed by atoms with Crippen LogP contribution in [0.1, 0.15) is 45.0 Å². The molecule has 122 valence electrons. The maximum Gasteiger partial charge on any atom is 0.295 e. The van der Waals surface area contributed by atoms with E-state index in [0.717, 1.165) is 11.3 Å². The summed E-state index contributed by atoms with van der Waals surface area (Å²) >= 11 is 1.09. The van der Waals surface area contributed by atoms with E-state index in [0.29, 0.717) is 11.7 Å². The van der Waals surface area contributed by atoms with Gasteiger partial charge in [0.15, 0.2) is 11.6 Å². The van der Waals surface area contributed by atoms with E-state index in [1.807, 2.05) is 27.7 Å². The van der Waals surface area contributed by atoms with Gasteiger partial charge in [0.05, 0.1) is 33.5 Å². The van der Waals surface area contributed by atoms with E-state index in [4.69, 9.17) is 4.74 Å². The minimum absolute atomic E-state index is 0.0783. The first-order chi connectivity index (χ1) is 9.74. The molecule has 0 amide bonds. The fourth-order valence-electron chi connectivity index (χ4n) is 1.90. The molecule has 1 aromatic heterocycles. The summed E-state index contributed by atoms with van der Waals surface area (Å²) in [6, 6.07) is 0. The summed E-state index contributed by atoms with van der Waals surface area (Å²) in [5.41, 5.74) is 0.364. The molecule has 0 radical (unpaired) electrons. The van der Waals surface area contributed by atoms with Gasteiger partial charge in [-0.3, -0.25) is 4.21 Å². The summed E-state index contributed by atoms with van der Waals surface area (Å²) in [4.78, 5) is -2.53. The van der Waals surface area contributed by atoms with Gasteiger partial charge in [0.2, 0.25) is 0 Å². The van der Waals surface area contributed by atoms with Crippen LogP contribution < -0.4 is 4.74 Å². The van der Waals surface area contributed by atoms with E-state index >= 15 is 0 Å². The number of ether oxygens (including phenoxy) is 1. The number of nitrogens with zero attached hydrogens (tertiary/aromatic N) is 1. The van der Waals surface area contributed by atoms with Gasteiger partial charge in [-0.05, 0) is 5.92 Å². The van der Waals surface area contributed by atoms with Crippen LogP contribution in [0.15, 0.2) is 4.21 Å². The van der Waals surface area contributed by atoms with Gasteiger partial charge in [0.1, 0.15) is 4.21 Å². The molecular weight excluding hydrogens is 320 g/mol. The second-order valence-electron chi connectivity index (χ2n) is 4.94. The van der Waals surface area contributed by atoms with Gasteiger partial charge in [0.25, 0.3) is 6.23 Å². The molecule has 1 N–H and O–H groups in total. The Morgan fingerprint density at radius 2 is 2.05 bits per heavy atom. The van der Waals surface area contributed by atoms with Crippen LogP contribution in [-0.4, -0.2) is 27.1 Å². The quantitative estimate of drug-likeness (QED) is 0.850. The van der Waals surface area contributed by atoms with Crippen molar-refractivity contribution in [3.63, 3.8) is 0 Å². The Hall–Kier alpha value is -0.570. The summed E-state index contributed by atoms with van der Waals surface area (Å²) < 4.78 is 44.5. The lowest BCUT2D eigenvalue weighted by molar-refractivity contribution is -1.21. The Morgan fingerprint density at radius 3 is 2.52 bits per heavy atom. The van der Waals surface area contributed by atoms with Crippen molar-refractivity contribution in [2.24, 2.45) is 5.92 Å². The number of rotatable bonds is 4. The topological polar surface area (TPSA) is 46.5 Å². The van der Waals surface area contributed by atoms with Gasteiger partial charge in [-0.25, -0.2) is 0 Å². The predicted molar refractivity (Wildman–Crippen MR) is 79.5 cm³/mol. The van der Waals surface area contributed by atoms with Crippen molar-refractivity contribution in [3.05, 3.63) is 11.1 Å². The maximum absolute atomic E-state index is 13.5. The SMILES string of the molecule is CC.CC(C)COc1sc(S(C)=O)c2c1C[N+](F)(F)C2O. The lowest BCUT2D eigenvalue weighted by atomic mass is 10.2. The largest absolute Gasteiger partial charge is 0.483 e. The summed E-state index contributed by atoms with van der Waals surface area (Å²) in [5.74, 6) is 0.259. The number of quaternary nitrogens is 1. The fraction of sp³-hybridized carbons (Fsp3) is 0.692. The highest BCUT2D eigenvalue weighted by Gasteiger charge is 2.54. The zero-order chi connectivity index (χ0) is 16.4. The first-order valence-corrected chi connectivity index (χ1v) is 9.18. The second-order valence-corrected chi connectivity index (χ2v) is 7.50. The van der Waals surface area contributed by atoms with Crippen molar-refractivity contribution in [1.82, 2.24) is 0 Å². The van der Waals surface area contributed by atoms with Crippen molar-refractivity contribution in [3.8, 4) is 5.06 Å². The van der Waals surface area contributed by atoms with Gasteiger partial charge in [0, 0.05) is 15.2 Å². The average molecular weight is 342 g/mol. The molecule has 2 atom stereocenters.